The van der Waals surface area contributed by atoms with E-state index in [0.717, 1.165) is 16.9 Å². The minimum absolute atomic E-state index is 0.120. The first-order chi connectivity index (χ1) is 13.6. The van der Waals surface area contributed by atoms with E-state index in [-0.39, 0.29) is 29.1 Å². The van der Waals surface area contributed by atoms with Crippen LogP contribution in [0.15, 0.2) is 83.8 Å². The first kappa shape index (κ1) is 19.0. The maximum atomic E-state index is 13.6. The Hall–Kier alpha value is -2.34. The molecule has 0 saturated carbocycles. The lowest BCUT2D eigenvalue weighted by molar-refractivity contribution is 0.219. The van der Waals surface area contributed by atoms with Crippen molar-refractivity contribution in [3.63, 3.8) is 0 Å². The summed E-state index contributed by atoms with van der Waals surface area (Å²) >= 11 is 6.24. The second kappa shape index (κ2) is 7.95. The van der Waals surface area contributed by atoms with Crippen molar-refractivity contribution in [1.29, 1.82) is 0 Å². The summed E-state index contributed by atoms with van der Waals surface area (Å²) in [7, 11) is -3.81. The maximum absolute atomic E-state index is 13.6. The van der Waals surface area contributed by atoms with Crippen molar-refractivity contribution < 1.29 is 13.2 Å². The summed E-state index contributed by atoms with van der Waals surface area (Å²) in [5.74, 6) is 0.720. The predicted molar refractivity (Wildman–Crippen MR) is 110 cm³/mol. The number of rotatable bonds is 4. The van der Waals surface area contributed by atoms with Gasteiger partial charge in [-0.25, -0.2) is 8.42 Å². The minimum atomic E-state index is -3.81. The Morgan fingerprint density at radius 3 is 2.39 bits per heavy atom. The van der Waals surface area contributed by atoms with Crippen LogP contribution in [0.3, 0.4) is 0 Å². The fourth-order valence-electron chi connectivity index (χ4n) is 3.45. The van der Waals surface area contributed by atoms with Gasteiger partial charge in [-0.3, -0.25) is 0 Å². The largest absolute Gasteiger partial charge is 0.492 e. The van der Waals surface area contributed by atoms with Crippen molar-refractivity contribution in [2.45, 2.75) is 23.9 Å². The first-order valence-corrected chi connectivity index (χ1v) is 10.9. The quantitative estimate of drug-likeness (QED) is 0.631. The molecule has 1 aliphatic heterocycles. The molecule has 4 nitrogen and oxygen atoms in total. The maximum Gasteiger partial charge on any atom is 0.245 e. The Morgan fingerprint density at radius 1 is 0.929 bits per heavy atom. The predicted octanol–water partition coefficient (Wildman–Crippen LogP) is 4.53. The third kappa shape index (κ3) is 3.78. The Labute approximate surface area is 170 Å². The van der Waals surface area contributed by atoms with Crippen molar-refractivity contribution in [3.8, 4) is 5.75 Å². The molecule has 4 rings (SSSR count). The van der Waals surface area contributed by atoms with Crippen LogP contribution in [0, 0.1) is 0 Å². The van der Waals surface area contributed by atoms with E-state index in [9.17, 15) is 8.42 Å². The highest BCUT2D eigenvalue weighted by Gasteiger charge is 2.35. The molecule has 6 heteroatoms. The number of para-hydroxylation sites is 1. The summed E-state index contributed by atoms with van der Waals surface area (Å²) in [6.45, 7) is 0.511. The highest BCUT2D eigenvalue weighted by molar-refractivity contribution is 7.89. The van der Waals surface area contributed by atoms with Gasteiger partial charge in [-0.15, -0.1) is 0 Å². The van der Waals surface area contributed by atoms with E-state index < -0.39 is 10.0 Å². The van der Waals surface area contributed by atoms with Crippen LogP contribution in [0.1, 0.15) is 11.1 Å². The lowest BCUT2D eigenvalue weighted by Gasteiger charge is -2.29. The number of sulfonamides is 1. The van der Waals surface area contributed by atoms with Crippen LogP contribution in [0.4, 0.5) is 0 Å². The fraction of sp³-hybridized carbons (Fsp3) is 0.182. The average molecular weight is 414 g/mol. The lowest BCUT2D eigenvalue weighted by Crippen LogP contribution is -2.43. The zero-order valence-electron chi connectivity index (χ0n) is 15.2. The van der Waals surface area contributed by atoms with E-state index >= 15 is 0 Å². The molecule has 1 heterocycles. The van der Waals surface area contributed by atoms with Gasteiger partial charge in [-0.2, -0.15) is 4.31 Å². The van der Waals surface area contributed by atoms with E-state index in [0.29, 0.717) is 6.42 Å². The fourth-order valence-corrected chi connectivity index (χ4v) is 5.53. The smallest absolute Gasteiger partial charge is 0.245 e. The molecule has 0 aromatic heterocycles. The van der Waals surface area contributed by atoms with Crippen molar-refractivity contribution in [2.75, 3.05) is 6.61 Å². The van der Waals surface area contributed by atoms with E-state index in [4.69, 9.17) is 16.3 Å². The summed E-state index contributed by atoms with van der Waals surface area (Å²) in [5, 5.41) is 0.222. The molecular formula is C22H20ClNO3S. The molecule has 3 aromatic rings. The van der Waals surface area contributed by atoms with Crippen molar-refractivity contribution in [3.05, 3.63) is 95.0 Å². The molecule has 0 bridgehead atoms. The Morgan fingerprint density at radius 2 is 1.61 bits per heavy atom. The Kier molecular flexibility index (Phi) is 5.40. The average Bonchev–Trinajstić information content (AvgIpc) is 2.89. The van der Waals surface area contributed by atoms with E-state index in [1.807, 2.05) is 54.6 Å². The van der Waals surface area contributed by atoms with Gasteiger partial charge in [0.2, 0.25) is 10.0 Å². The lowest BCUT2D eigenvalue weighted by atomic mass is 10.1. The minimum Gasteiger partial charge on any atom is -0.492 e. The van der Waals surface area contributed by atoms with E-state index in [2.05, 4.69) is 0 Å². The number of benzene rings is 3. The molecule has 1 unspecified atom stereocenters. The van der Waals surface area contributed by atoms with Gasteiger partial charge in [-0.1, -0.05) is 72.3 Å². The number of hydrogen-bond acceptors (Lipinski definition) is 3. The normalized spacial score (nSPS) is 17.4. The van der Waals surface area contributed by atoms with Gasteiger partial charge in [0, 0.05) is 12.1 Å². The third-order valence-electron chi connectivity index (χ3n) is 4.87. The summed E-state index contributed by atoms with van der Waals surface area (Å²) in [4.78, 5) is 0.120. The van der Waals surface area contributed by atoms with Crippen LogP contribution in [-0.2, 0) is 23.0 Å². The summed E-state index contributed by atoms with van der Waals surface area (Å²) in [6.07, 6.45) is 0.554. The molecule has 1 aliphatic rings. The second-order valence-electron chi connectivity index (χ2n) is 6.74. The van der Waals surface area contributed by atoms with E-state index in [1.54, 1.807) is 24.3 Å². The second-order valence-corrected chi connectivity index (χ2v) is 9.01. The molecule has 0 amide bonds. The Balaban J connectivity index is 1.77. The molecule has 0 fully saturated rings. The number of halogens is 1. The standard InChI is InChI=1S/C22H20ClNO3S/c23-20-11-5-7-13-22(20)28(25,26)24-15-18-10-4-6-12-21(18)27-16-19(24)14-17-8-2-1-3-9-17/h1-13,19H,14-16H2. The molecule has 144 valence electrons. The molecule has 0 aliphatic carbocycles. The zero-order valence-corrected chi connectivity index (χ0v) is 16.7. The van der Waals surface area contributed by atoms with Crippen LogP contribution in [0.2, 0.25) is 5.02 Å². The van der Waals surface area contributed by atoms with Gasteiger partial charge >= 0.3 is 0 Å². The summed E-state index contributed by atoms with van der Waals surface area (Å²) in [5.41, 5.74) is 1.90. The molecule has 0 spiro atoms. The van der Waals surface area contributed by atoms with Gasteiger partial charge in [0.05, 0.1) is 11.1 Å². The highest BCUT2D eigenvalue weighted by atomic mass is 35.5. The van der Waals surface area contributed by atoms with Gasteiger partial charge in [-0.05, 0) is 30.2 Å². The Bertz CT molecular complexity index is 1070. The number of hydrogen-bond donors (Lipinski definition) is 0. The number of ether oxygens (including phenoxy) is 1. The molecule has 0 radical (unpaired) electrons. The van der Waals surface area contributed by atoms with E-state index in [1.165, 1.54) is 4.31 Å². The third-order valence-corrected chi connectivity index (χ3v) is 7.27. The summed E-state index contributed by atoms with van der Waals surface area (Å²) < 4.78 is 34.6. The van der Waals surface area contributed by atoms with Crippen LogP contribution in [0.5, 0.6) is 5.75 Å². The van der Waals surface area contributed by atoms with Gasteiger partial charge in [0.1, 0.15) is 17.3 Å². The topological polar surface area (TPSA) is 46.6 Å². The first-order valence-electron chi connectivity index (χ1n) is 9.07. The molecule has 28 heavy (non-hydrogen) atoms. The summed E-state index contributed by atoms with van der Waals surface area (Å²) in [6, 6.07) is 23.6. The highest BCUT2D eigenvalue weighted by Crippen LogP contribution is 2.32. The van der Waals surface area contributed by atoms with Crippen LogP contribution in [-0.4, -0.2) is 25.4 Å². The molecular weight excluding hydrogens is 394 g/mol. The SMILES string of the molecule is O=S(=O)(c1ccccc1Cl)N1Cc2ccccc2OCC1Cc1ccccc1. The van der Waals surface area contributed by atoms with Crippen LogP contribution < -0.4 is 4.74 Å². The molecule has 3 aromatic carbocycles. The van der Waals surface area contributed by atoms with Gasteiger partial charge in [0.25, 0.3) is 0 Å². The van der Waals surface area contributed by atoms with Crippen molar-refractivity contribution >= 4 is 21.6 Å². The number of fused-ring (bicyclic) bond motifs is 1. The van der Waals surface area contributed by atoms with Crippen molar-refractivity contribution in [2.24, 2.45) is 0 Å². The monoisotopic (exact) mass is 413 g/mol. The zero-order chi connectivity index (χ0) is 19.6. The number of nitrogens with zero attached hydrogens (tertiary/aromatic N) is 1. The van der Waals surface area contributed by atoms with Gasteiger partial charge in [0.15, 0.2) is 0 Å². The molecule has 1 atom stereocenters. The van der Waals surface area contributed by atoms with Gasteiger partial charge < -0.3 is 4.74 Å². The van der Waals surface area contributed by atoms with Crippen LogP contribution >= 0.6 is 11.6 Å². The molecule has 0 N–H and O–H groups in total. The van der Waals surface area contributed by atoms with Crippen molar-refractivity contribution in [1.82, 2.24) is 4.31 Å². The molecule has 0 saturated heterocycles. The van der Waals surface area contributed by atoms with Crippen LogP contribution in [0.25, 0.3) is 0 Å².